The molecule has 12 aromatic carbocycles. The standard InChI is InChI=1S/2C44H27N5S/c1-3-13-28(14-4-1)42-46-43(29-15-5-2-6-16-29)48-44(47-42)36-21-12-24-40(45-36)49-37-22-9-7-17-32(37)33-26-25-30(27-38(33)49)31-19-11-20-35-34-18-8-10-23-39(34)50-41(31)35;1-3-12-28(13-4-1)42-46-43(29-14-5-2-6-15-29)48-44(47-42)31-24-25-45-40(27-31)49-37-20-9-7-16-33(37)34-23-22-30(26-38(34)49)32-18-11-19-36-35-17-8-10-21-39(35)50-41(32)36/h2*1-27H. The normalized spacial score (nSPS) is 11.6. The van der Waals surface area contributed by atoms with Crippen molar-refractivity contribution in [3.8, 4) is 102 Å². The second-order valence-corrected chi connectivity index (χ2v) is 26.7. The monoisotopic (exact) mass is 1310 g/mol. The van der Waals surface area contributed by atoms with Crippen molar-refractivity contribution in [2.24, 2.45) is 0 Å². The molecule has 100 heavy (non-hydrogen) atoms. The fourth-order valence-corrected chi connectivity index (χ4v) is 16.4. The molecule has 0 saturated carbocycles. The van der Waals surface area contributed by atoms with Gasteiger partial charge in [0.05, 0.1) is 22.1 Å². The summed E-state index contributed by atoms with van der Waals surface area (Å²) in [6.07, 6.45) is 1.85. The van der Waals surface area contributed by atoms with Crippen LogP contribution >= 0.6 is 22.7 Å². The fourth-order valence-electron chi connectivity index (χ4n) is 13.9. The quantitative estimate of drug-likeness (QED) is 0.133. The van der Waals surface area contributed by atoms with Gasteiger partial charge in [-0.1, -0.05) is 261 Å². The lowest BCUT2D eigenvalue weighted by Crippen LogP contribution is -2.03. The average molecular weight is 1320 g/mol. The van der Waals surface area contributed by atoms with Gasteiger partial charge in [-0.3, -0.25) is 9.13 Å². The van der Waals surface area contributed by atoms with Gasteiger partial charge in [0.1, 0.15) is 17.3 Å². The maximum absolute atomic E-state index is 5.25. The number of hydrogen-bond acceptors (Lipinski definition) is 10. The molecule has 20 aromatic rings. The predicted molar refractivity (Wildman–Crippen MR) is 413 cm³/mol. The molecule has 8 aromatic heterocycles. The molecule has 8 heterocycles. The highest BCUT2D eigenvalue weighted by atomic mass is 32.1. The first-order chi connectivity index (χ1) is 49.6. The summed E-state index contributed by atoms with van der Waals surface area (Å²) in [6.45, 7) is 0. The third-order valence-corrected chi connectivity index (χ3v) is 21.0. The summed E-state index contributed by atoms with van der Waals surface area (Å²) >= 11 is 3.71. The molecule has 20 rings (SSSR count). The van der Waals surface area contributed by atoms with E-state index in [1.54, 1.807) is 0 Å². The van der Waals surface area contributed by atoms with Crippen LogP contribution in [0.4, 0.5) is 0 Å². The molecule has 10 nitrogen and oxygen atoms in total. The molecule has 0 spiro atoms. The largest absolute Gasteiger partial charge is 0.294 e. The topological polar surface area (TPSA) is 113 Å². The van der Waals surface area contributed by atoms with Crippen molar-refractivity contribution in [2.75, 3.05) is 0 Å². The van der Waals surface area contributed by atoms with E-state index in [0.717, 1.165) is 61.5 Å². The minimum absolute atomic E-state index is 0.525. The Labute approximate surface area is 581 Å². The van der Waals surface area contributed by atoms with Gasteiger partial charge in [-0.2, -0.15) is 0 Å². The van der Waals surface area contributed by atoms with E-state index in [-0.39, 0.29) is 0 Å². The molecule has 0 unspecified atom stereocenters. The van der Waals surface area contributed by atoms with E-state index in [1.807, 2.05) is 168 Å². The number of aromatic nitrogens is 10. The van der Waals surface area contributed by atoms with E-state index in [0.29, 0.717) is 40.6 Å². The van der Waals surface area contributed by atoms with Gasteiger partial charge < -0.3 is 0 Å². The van der Waals surface area contributed by atoms with Gasteiger partial charge in [-0.15, -0.1) is 22.7 Å². The summed E-state index contributed by atoms with van der Waals surface area (Å²) in [7, 11) is 0. The number of hydrogen-bond donors (Lipinski definition) is 0. The van der Waals surface area contributed by atoms with Crippen molar-refractivity contribution < 1.29 is 0 Å². The first-order valence-electron chi connectivity index (χ1n) is 33.1. The second kappa shape index (κ2) is 24.6. The van der Waals surface area contributed by atoms with Crippen LogP contribution in [0, 0.1) is 0 Å². The highest BCUT2D eigenvalue weighted by Crippen LogP contribution is 2.45. The summed E-state index contributed by atoms with van der Waals surface area (Å²) in [6, 6.07) is 112. The van der Waals surface area contributed by atoms with Crippen molar-refractivity contribution in [1.82, 2.24) is 49.0 Å². The lowest BCUT2D eigenvalue weighted by Gasteiger charge is -2.11. The molecule has 0 N–H and O–H groups in total. The van der Waals surface area contributed by atoms with Gasteiger partial charge in [0.2, 0.25) is 0 Å². The molecule has 0 aliphatic carbocycles. The molecule has 0 bridgehead atoms. The lowest BCUT2D eigenvalue weighted by molar-refractivity contribution is 1.03. The van der Waals surface area contributed by atoms with Gasteiger partial charge in [0.25, 0.3) is 0 Å². The van der Waals surface area contributed by atoms with E-state index in [2.05, 4.69) is 191 Å². The maximum atomic E-state index is 5.25. The van der Waals surface area contributed by atoms with Crippen molar-refractivity contribution in [1.29, 1.82) is 0 Å². The minimum Gasteiger partial charge on any atom is -0.294 e. The number of pyridine rings is 2. The van der Waals surface area contributed by atoms with Gasteiger partial charge in [0.15, 0.2) is 34.9 Å². The molecule has 468 valence electrons. The van der Waals surface area contributed by atoms with Crippen molar-refractivity contribution in [2.45, 2.75) is 0 Å². The highest BCUT2D eigenvalue weighted by molar-refractivity contribution is 7.26. The van der Waals surface area contributed by atoms with Crippen LogP contribution in [-0.2, 0) is 0 Å². The zero-order chi connectivity index (χ0) is 66.0. The van der Waals surface area contributed by atoms with Crippen LogP contribution in [0.2, 0.25) is 0 Å². The Bertz CT molecular complexity index is 6030. The van der Waals surface area contributed by atoms with Crippen LogP contribution < -0.4 is 0 Å². The lowest BCUT2D eigenvalue weighted by atomic mass is 10.0. The molecule has 0 fully saturated rings. The predicted octanol–water partition coefficient (Wildman–Crippen LogP) is 22.8. The number of nitrogens with zero attached hydrogens (tertiary/aromatic N) is 10. The Morgan fingerprint density at radius 2 is 0.590 bits per heavy atom. The first-order valence-corrected chi connectivity index (χ1v) is 34.8. The zero-order valence-corrected chi connectivity index (χ0v) is 55.1. The van der Waals surface area contributed by atoms with Crippen LogP contribution in [0.1, 0.15) is 0 Å². The molecule has 0 saturated heterocycles. The SMILES string of the molecule is c1ccc(-c2nc(-c3ccccc3)nc(-c3cccc(-n4c5ccccc5c5ccc(-c6cccc7c6sc6ccccc67)cc54)n3)n2)cc1.c1ccc(-c2nc(-c3ccccc3)nc(-c3ccnc(-n4c5ccccc5c5ccc(-c6cccc7c6sc6ccccc67)cc54)c3)n2)cc1. The molecule has 0 amide bonds. The van der Waals surface area contributed by atoms with Gasteiger partial charge in [-0.05, 0) is 82.9 Å². The summed E-state index contributed by atoms with van der Waals surface area (Å²) in [5.41, 5.74) is 14.4. The number of thiophene rings is 2. The molecule has 0 aliphatic rings. The maximum Gasteiger partial charge on any atom is 0.182 e. The van der Waals surface area contributed by atoms with Crippen LogP contribution in [0.5, 0.6) is 0 Å². The average Bonchev–Trinajstić information content (AvgIpc) is 1.59. The molecule has 0 aliphatic heterocycles. The number of rotatable bonds is 10. The minimum atomic E-state index is 0.525. The summed E-state index contributed by atoms with van der Waals surface area (Å²) in [5.74, 6) is 5.20. The molecule has 0 radical (unpaired) electrons. The van der Waals surface area contributed by atoms with Crippen LogP contribution in [0.3, 0.4) is 0 Å². The molecular weight excluding hydrogens is 1260 g/mol. The molecular formula is C88H54N10S2. The Kier molecular flexibility index (Phi) is 14.3. The zero-order valence-electron chi connectivity index (χ0n) is 53.5. The Hall–Kier alpha value is -13.0. The Morgan fingerprint density at radius 3 is 1.06 bits per heavy atom. The van der Waals surface area contributed by atoms with Crippen molar-refractivity contribution in [3.63, 3.8) is 0 Å². The van der Waals surface area contributed by atoms with Crippen LogP contribution in [0.15, 0.2) is 328 Å². The van der Waals surface area contributed by atoms with E-state index in [1.165, 1.54) is 84.1 Å². The van der Waals surface area contributed by atoms with Gasteiger partial charge >= 0.3 is 0 Å². The van der Waals surface area contributed by atoms with E-state index in [9.17, 15) is 0 Å². The second-order valence-electron chi connectivity index (χ2n) is 24.6. The third kappa shape index (κ3) is 10.3. The number of benzene rings is 12. The smallest absolute Gasteiger partial charge is 0.182 e. The van der Waals surface area contributed by atoms with E-state index < -0.39 is 0 Å². The van der Waals surface area contributed by atoms with Crippen molar-refractivity contribution >= 4 is 107 Å². The first kappa shape index (κ1) is 58.4. The van der Waals surface area contributed by atoms with Gasteiger partial charge in [-0.25, -0.2) is 39.9 Å². The Morgan fingerprint density at radius 1 is 0.220 bits per heavy atom. The van der Waals surface area contributed by atoms with E-state index >= 15 is 0 Å². The summed E-state index contributed by atoms with van der Waals surface area (Å²) < 4.78 is 9.73. The number of para-hydroxylation sites is 2. The Balaban J connectivity index is 0.000000139. The number of fused-ring (bicyclic) bond motifs is 12. The fraction of sp³-hybridized carbons (Fsp3) is 0. The molecule has 0 atom stereocenters. The van der Waals surface area contributed by atoms with E-state index in [4.69, 9.17) is 39.9 Å². The van der Waals surface area contributed by atoms with Crippen molar-refractivity contribution in [3.05, 3.63) is 328 Å². The van der Waals surface area contributed by atoms with Crippen LogP contribution in [-0.4, -0.2) is 49.0 Å². The molecule has 12 heteroatoms. The summed E-state index contributed by atoms with van der Waals surface area (Å²) in [5, 5.41) is 9.90. The van der Waals surface area contributed by atoms with Crippen LogP contribution in [0.25, 0.3) is 186 Å². The highest BCUT2D eigenvalue weighted by Gasteiger charge is 2.22. The third-order valence-electron chi connectivity index (χ3n) is 18.6. The van der Waals surface area contributed by atoms with Gasteiger partial charge in [0, 0.05) is 95.9 Å². The summed E-state index contributed by atoms with van der Waals surface area (Å²) in [4.78, 5) is 39.8.